The van der Waals surface area contributed by atoms with Gasteiger partial charge in [-0.1, -0.05) is 75.4 Å². The first-order valence-corrected chi connectivity index (χ1v) is 13.6. The molecule has 0 saturated carbocycles. The Morgan fingerprint density at radius 1 is 0.684 bits per heavy atom. The van der Waals surface area contributed by atoms with E-state index in [2.05, 4.69) is 122 Å². The van der Waals surface area contributed by atoms with Crippen molar-refractivity contribution in [2.75, 3.05) is 0 Å². The van der Waals surface area contributed by atoms with E-state index in [1.807, 2.05) is 6.20 Å². The van der Waals surface area contributed by atoms with E-state index in [1.165, 1.54) is 32.5 Å². The lowest BCUT2D eigenvalue weighted by Crippen LogP contribution is -2.41. The van der Waals surface area contributed by atoms with Gasteiger partial charge in [0, 0.05) is 22.7 Å². The van der Waals surface area contributed by atoms with Gasteiger partial charge in [-0.25, -0.2) is 0 Å². The first kappa shape index (κ1) is 25.0. The summed E-state index contributed by atoms with van der Waals surface area (Å²) < 4.78 is 12.6. The van der Waals surface area contributed by atoms with Gasteiger partial charge in [0.05, 0.1) is 16.9 Å². The Morgan fingerprint density at radius 3 is 1.97 bits per heavy atom. The fourth-order valence-corrected chi connectivity index (χ4v) is 5.57. The average Bonchev–Trinajstić information content (AvgIpc) is 3.08. The van der Waals surface area contributed by atoms with Crippen LogP contribution in [-0.4, -0.2) is 16.2 Å². The van der Waals surface area contributed by atoms with Crippen LogP contribution in [0.5, 0.6) is 0 Å². The number of benzene rings is 4. The first-order valence-electron chi connectivity index (χ1n) is 13.6. The number of pyridine rings is 1. The number of nitrogens with zero attached hydrogens (tertiary/aromatic N) is 1. The van der Waals surface area contributed by atoms with Crippen molar-refractivity contribution in [3.63, 3.8) is 0 Å². The third-order valence-electron chi connectivity index (χ3n) is 8.67. The van der Waals surface area contributed by atoms with E-state index in [4.69, 9.17) is 14.5 Å². The zero-order chi connectivity index (χ0) is 27.0. The topological polar surface area (TPSA) is 31.4 Å². The molecule has 0 atom stereocenters. The summed E-state index contributed by atoms with van der Waals surface area (Å²) in [5, 5.41) is 7.49. The highest BCUT2D eigenvalue weighted by Gasteiger charge is 2.49. The average molecular weight is 504 g/mol. The summed E-state index contributed by atoms with van der Waals surface area (Å²) in [6.07, 6.45) is 1.56. The number of aryl methyl sites for hydroxylation is 1. The van der Waals surface area contributed by atoms with Crippen molar-refractivity contribution >= 4 is 32.3 Å². The van der Waals surface area contributed by atoms with Gasteiger partial charge in [0.2, 0.25) is 0 Å². The SMILES string of the molecule is Cc1cc(-c2nccc3c2ccc2c4ccc(C(C)(C)C)cc4ccc32)ccc1C1OC(C)(C)C(C)(C)O1. The quantitative estimate of drug-likeness (QED) is 0.225. The molecule has 5 aromatic rings. The maximum atomic E-state index is 6.32. The molecule has 1 aliphatic heterocycles. The number of aromatic nitrogens is 1. The van der Waals surface area contributed by atoms with Crippen molar-refractivity contribution in [1.82, 2.24) is 4.98 Å². The molecular formula is C35H37NO2. The van der Waals surface area contributed by atoms with Crippen LogP contribution in [0.4, 0.5) is 0 Å². The predicted molar refractivity (Wildman–Crippen MR) is 159 cm³/mol. The van der Waals surface area contributed by atoms with Crippen molar-refractivity contribution in [1.29, 1.82) is 0 Å². The van der Waals surface area contributed by atoms with E-state index in [0.29, 0.717) is 0 Å². The molecule has 6 rings (SSSR count). The van der Waals surface area contributed by atoms with Crippen LogP contribution < -0.4 is 0 Å². The predicted octanol–water partition coefficient (Wildman–Crippen LogP) is 9.42. The maximum Gasteiger partial charge on any atom is 0.185 e. The second-order valence-corrected chi connectivity index (χ2v) is 12.8. The van der Waals surface area contributed by atoms with Gasteiger partial charge < -0.3 is 9.47 Å². The Labute approximate surface area is 225 Å². The number of fused-ring (bicyclic) bond motifs is 5. The molecule has 38 heavy (non-hydrogen) atoms. The molecule has 0 unspecified atom stereocenters. The number of rotatable bonds is 2. The van der Waals surface area contributed by atoms with Gasteiger partial charge in [0.1, 0.15) is 0 Å². The molecule has 0 radical (unpaired) electrons. The number of hydrogen-bond donors (Lipinski definition) is 0. The summed E-state index contributed by atoms with van der Waals surface area (Å²) >= 11 is 0. The molecule has 194 valence electrons. The fraction of sp³-hybridized carbons (Fsp3) is 0.343. The lowest BCUT2D eigenvalue weighted by molar-refractivity contribution is -0.0899. The van der Waals surface area contributed by atoms with Gasteiger partial charge >= 0.3 is 0 Å². The van der Waals surface area contributed by atoms with Crippen LogP contribution in [-0.2, 0) is 14.9 Å². The Bertz CT molecular complexity index is 1710. The zero-order valence-corrected chi connectivity index (χ0v) is 23.8. The molecule has 3 heteroatoms. The summed E-state index contributed by atoms with van der Waals surface area (Å²) in [4.78, 5) is 4.84. The van der Waals surface area contributed by atoms with Crippen LogP contribution in [0.15, 0.2) is 72.9 Å². The highest BCUT2D eigenvalue weighted by Crippen LogP contribution is 2.46. The van der Waals surface area contributed by atoms with Crippen LogP contribution in [0.1, 0.15) is 71.4 Å². The molecule has 0 bridgehead atoms. The number of ether oxygens (including phenoxy) is 2. The molecule has 0 aliphatic carbocycles. The third kappa shape index (κ3) is 3.92. The summed E-state index contributed by atoms with van der Waals surface area (Å²) in [6, 6.07) is 24.5. The molecular weight excluding hydrogens is 466 g/mol. The molecule has 0 N–H and O–H groups in total. The highest BCUT2D eigenvalue weighted by molar-refractivity contribution is 6.19. The van der Waals surface area contributed by atoms with Gasteiger partial charge in [-0.15, -0.1) is 0 Å². The second kappa shape index (κ2) is 8.36. The molecule has 1 saturated heterocycles. The lowest BCUT2D eigenvalue weighted by Gasteiger charge is -2.30. The van der Waals surface area contributed by atoms with Gasteiger partial charge in [-0.2, -0.15) is 0 Å². The Kier molecular flexibility index (Phi) is 5.51. The molecule has 1 fully saturated rings. The maximum absolute atomic E-state index is 6.32. The zero-order valence-electron chi connectivity index (χ0n) is 23.8. The van der Waals surface area contributed by atoms with E-state index >= 15 is 0 Å². The number of hydrogen-bond acceptors (Lipinski definition) is 3. The minimum atomic E-state index is -0.370. The molecule has 2 heterocycles. The van der Waals surface area contributed by atoms with Gasteiger partial charge in [-0.3, -0.25) is 4.98 Å². The Balaban J connectivity index is 1.44. The normalized spacial score (nSPS) is 17.6. The Morgan fingerprint density at radius 2 is 1.29 bits per heavy atom. The second-order valence-electron chi connectivity index (χ2n) is 12.8. The van der Waals surface area contributed by atoms with Crippen molar-refractivity contribution in [3.05, 3.63) is 89.6 Å². The van der Waals surface area contributed by atoms with E-state index in [-0.39, 0.29) is 22.9 Å². The van der Waals surface area contributed by atoms with Gasteiger partial charge in [-0.05, 0) is 90.2 Å². The van der Waals surface area contributed by atoms with Gasteiger partial charge in [0.25, 0.3) is 0 Å². The van der Waals surface area contributed by atoms with Crippen molar-refractivity contribution < 1.29 is 9.47 Å². The smallest absolute Gasteiger partial charge is 0.185 e. The lowest BCUT2D eigenvalue weighted by atomic mass is 9.85. The van der Waals surface area contributed by atoms with Crippen LogP contribution in [0, 0.1) is 6.92 Å². The Hall–Kier alpha value is -3.27. The van der Waals surface area contributed by atoms with E-state index in [0.717, 1.165) is 27.8 Å². The van der Waals surface area contributed by atoms with Crippen molar-refractivity contribution in [3.8, 4) is 11.3 Å². The standard InChI is InChI=1S/C35H37NO2/c1-21-19-23(10-12-25(21)32-37-34(5,6)35(7,8)38-32)31-30-16-15-27-26-14-11-24(33(2,3)4)20-22(26)9-13-28(27)29(30)17-18-36-31/h9-20,32H,1-8H3. The molecule has 0 amide bonds. The first-order chi connectivity index (χ1) is 17.9. The van der Waals surface area contributed by atoms with Crippen LogP contribution in [0.25, 0.3) is 43.6 Å². The van der Waals surface area contributed by atoms with E-state index < -0.39 is 0 Å². The minimum Gasteiger partial charge on any atom is -0.339 e. The van der Waals surface area contributed by atoms with Crippen molar-refractivity contribution in [2.24, 2.45) is 0 Å². The van der Waals surface area contributed by atoms with E-state index in [1.54, 1.807) is 0 Å². The van der Waals surface area contributed by atoms with Gasteiger partial charge in [0.15, 0.2) is 6.29 Å². The fourth-order valence-electron chi connectivity index (χ4n) is 5.57. The molecule has 1 aliphatic rings. The largest absolute Gasteiger partial charge is 0.339 e. The summed E-state index contributed by atoms with van der Waals surface area (Å²) in [7, 11) is 0. The molecule has 0 spiro atoms. The van der Waals surface area contributed by atoms with Crippen molar-refractivity contribution in [2.45, 2.75) is 78.3 Å². The minimum absolute atomic E-state index is 0.128. The molecule has 4 aromatic carbocycles. The van der Waals surface area contributed by atoms with Crippen LogP contribution in [0.3, 0.4) is 0 Å². The molecule has 1 aromatic heterocycles. The summed E-state index contributed by atoms with van der Waals surface area (Å²) in [5.74, 6) is 0. The van der Waals surface area contributed by atoms with Crippen LogP contribution >= 0.6 is 0 Å². The monoisotopic (exact) mass is 503 g/mol. The van der Waals surface area contributed by atoms with Crippen LogP contribution in [0.2, 0.25) is 0 Å². The molecule has 3 nitrogen and oxygen atoms in total. The third-order valence-corrected chi connectivity index (χ3v) is 8.67. The van der Waals surface area contributed by atoms with E-state index in [9.17, 15) is 0 Å². The highest BCUT2D eigenvalue weighted by atomic mass is 16.7. The summed E-state index contributed by atoms with van der Waals surface area (Å²) in [5.41, 5.74) is 5.07. The summed E-state index contributed by atoms with van der Waals surface area (Å²) in [6.45, 7) is 17.3.